The number of alkyl halides is 2. The maximum atomic E-state index is 13.2. The number of ketones is 1. The second-order valence-corrected chi connectivity index (χ2v) is 8.90. The first-order valence-electron chi connectivity index (χ1n) is 10.2. The molecule has 0 atom stereocenters. The number of hydrogen-bond acceptors (Lipinski definition) is 10. The van der Waals surface area contributed by atoms with Crippen LogP contribution in [0.3, 0.4) is 0 Å². The van der Waals surface area contributed by atoms with Crippen LogP contribution in [0.2, 0.25) is 0 Å². The first-order valence-corrected chi connectivity index (χ1v) is 11.8. The number of hydrazone groups is 1. The highest BCUT2D eigenvalue weighted by Gasteiger charge is 2.21. The summed E-state index contributed by atoms with van der Waals surface area (Å²) < 4.78 is 35.7. The van der Waals surface area contributed by atoms with Gasteiger partial charge in [0.2, 0.25) is 11.7 Å². The minimum atomic E-state index is -3.00. The van der Waals surface area contributed by atoms with Crippen LogP contribution in [-0.2, 0) is 0 Å². The fourth-order valence-electron chi connectivity index (χ4n) is 2.85. The third kappa shape index (κ3) is 6.95. The summed E-state index contributed by atoms with van der Waals surface area (Å²) in [5.41, 5.74) is 3.72. The van der Waals surface area contributed by atoms with Crippen LogP contribution in [0.1, 0.15) is 10.4 Å². The summed E-state index contributed by atoms with van der Waals surface area (Å²) >= 11 is 4.13. The molecule has 37 heavy (non-hydrogen) atoms. The van der Waals surface area contributed by atoms with E-state index in [1.54, 1.807) is 24.3 Å². The van der Waals surface area contributed by atoms with Crippen LogP contribution >= 0.6 is 27.7 Å². The molecule has 188 valence electrons. The quantitative estimate of drug-likeness (QED) is 0.0586. The molecule has 0 saturated carbocycles. The summed E-state index contributed by atoms with van der Waals surface area (Å²) in [6.45, 7) is -3.00. The van der Waals surface area contributed by atoms with E-state index in [1.165, 1.54) is 48.5 Å². The van der Waals surface area contributed by atoms with Gasteiger partial charge < -0.3 is 9.15 Å². The number of nitro groups is 1. The van der Waals surface area contributed by atoms with Gasteiger partial charge in [0.15, 0.2) is 5.04 Å². The van der Waals surface area contributed by atoms with Crippen LogP contribution < -0.4 is 10.2 Å². The Morgan fingerprint density at radius 2 is 1.73 bits per heavy atom. The van der Waals surface area contributed by atoms with Crippen LogP contribution in [0, 0.1) is 10.1 Å². The zero-order valence-corrected chi connectivity index (χ0v) is 20.8. The summed E-state index contributed by atoms with van der Waals surface area (Å²) in [5, 5.41) is 22.9. The molecule has 1 aromatic heterocycles. The van der Waals surface area contributed by atoms with Gasteiger partial charge in [-0.1, -0.05) is 15.9 Å². The van der Waals surface area contributed by atoms with Crippen LogP contribution in [0.25, 0.3) is 11.5 Å². The number of hydrogen-bond donors (Lipinski definition) is 1. The van der Waals surface area contributed by atoms with Gasteiger partial charge in [-0.05, 0) is 72.4 Å². The van der Waals surface area contributed by atoms with Crippen molar-refractivity contribution in [2.75, 3.05) is 5.43 Å². The van der Waals surface area contributed by atoms with Gasteiger partial charge in [-0.2, -0.15) is 13.9 Å². The highest BCUT2D eigenvalue weighted by atomic mass is 79.9. The minimum Gasteiger partial charge on any atom is -0.435 e. The first kappa shape index (κ1) is 25.9. The van der Waals surface area contributed by atoms with Crippen molar-refractivity contribution in [3.8, 4) is 17.2 Å². The second-order valence-electron chi connectivity index (χ2n) is 7.05. The number of ether oxygens (including phenoxy) is 1. The van der Waals surface area contributed by atoms with Crippen molar-refractivity contribution in [2.24, 2.45) is 5.10 Å². The molecule has 0 amide bonds. The highest BCUT2D eigenvalue weighted by molar-refractivity contribution is 9.10. The Kier molecular flexibility index (Phi) is 8.20. The number of carbonyl (C=O) groups excluding carboxylic acids is 1. The fraction of sp³-hybridized carbons (Fsp3) is 0.0435. The molecule has 0 aliphatic heterocycles. The number of non-ortho nitro benzene ring substituents is 1. The molecule has 4 aromatic rings. The van der Waals surface area contributed by atoms with Crippen molar-refractivity contribution in [1.29, 1.82) is 0 Å². The number of nitrogens with one attached hydrogen (secondary N) is 1. The van der Waals surface area contributed by atoms with E-state index in [0.29, 0.717) is 11.3 Å². The van der Waals surface area contributed by atoms with Gasteiger partial charge in [0.05, 0.1) is 10.6 Å². The molecule has 0 saturated heterocycles. The SMILES string of the molecule is O=C(C(=NNc1ccc([N+](=O)[O-])cc1)Sc1nnc(-c2ccc(Br)cc2)o1)c1ccc(OC(F)F)cc1. The number of halogens is 3. The van der Waals surface area contributed by atoms with Gasteiger partial charge in [0, 0.05) is 27.7 Å². The zero-order valence-electron chi connectivity index (χ0n) is 18.4. The van der Waals surface area contributed by atoms with Crippen molar-refractivity contribution in [1.82, 2.24) is 10.2 Å². The molecule has 4 rings (SSSR count). The molecule has 0 fully saturated rings. The molecule has 0 radical (unpaired) electrons. The van der Waals surface area contributed by atoms with E-state index in [2.05, 4.69) is 41.4 Å². The third-order valence-electron chi connectivity index (χ3n) is 4.58. The maximum Gasteiger partial charge on any atom is 0.387 e. The summed E-state index contributed by atoms with van der Waals surface area (Å²) in [5.74, 6) is -0.470. The van der Waals surface area contributed by atoms with E-state index in [0.717, 1.165) is 16.2 Å². The van der Waals surface area contributed by atoms with Crippen molar-refractivity contribution in [3.05, 3.63) is 92.9 Å². The normalized spacial score (nSPS) is 11.4. The molecule has 3 aromatic carbocycles. The van der Waals surface area contributed by atoms with E-state index >= 15 is 0 Å². The summed E-state index contributed by atoms with van der Waals surface area (Å²) in [6.07, 6.45) is 0. The lowest BCUT2D eigenvalue weighted by atomic mass is 10.1. The van der Waals surface area contributed by atoms with E-state index in [-0.39, 0.29) is 33.2 Å². The van der Waals surface area contributed by atoms with Crippen molar-refractivity contribution in [2.45, 2.75) is 11.8 Å². The second kappa shape index (κ2) is 11.7. The Morgan fingerprint density at radius 1 is 1.05 bits per heavy atom. The van der Waals surface area contributed by atoms with E-state index < -0.39 is 17.3 Å². The summed E-state index contributed by atoms with van der Waals surface area (Å²) in [7, 11) is 0. The molecular formula is C23H14BrF2N5O5S. The highest BCUT2D eigenvalue weighted by Crippen LogP contribution is 2.27. The lowest BCUT2D eigenvalue weighted by molar-refractivity contribution is -0.384. The van der Waals surface area contributed by atoms with Crippen LogP contribution in [-0.4, -0.2) is 32.6 Å². The maximum absolute atomic E-state index is 13.2. The average molecular weight is 590 g/mol. The molecule has 0 aliphatic rings. The zero-order chi connectivity index (χ0) is 26.4. The van der Waals surface area contributed by atoms with Crippen molar-refractivity contribution in [3.63, 3.8) is 0 Å². The molecule has 14 heteroatoms. The van der Waals surface area contributed by atoms with Crippen LogP contribution in [0.5, 0.6) is 5.75 Å². The van der Waals surface area contributed by atoms with Crippen molar-refractivity contribution >= 4 is 49.9 Å². The Labute approximate surface area is 220 Å². The topological polar surface area (TPSA) is 133 Å². The number of nitro benzene ring substituents is 1. The standard InChI is InChI=1S/C23H14BrF2N5O5S/c24-15-5-1-14(2-6-15)20-28-30-23(36-20)37-21(29-27-16-7-9-17(10-8-16)31(33)34)19(32)13-3-11-18(12-4-13)35-22(25)26/h1-12,22,27H. The summed E-state index contributed by atoms with van der Waals surface area (Å²) in [6, 6.07) is 17.6. The first-order chi connectivity index (χ1) is 17.8. The lowest BCUT2D eigenvalue weighted by Crippen LogP contribution is -2.13. The molecule has 0 aliphatic carbocycles. The molecule has 1 N–H and O–H groups in total. The van der Waals surface area contributed by atoms with E-state index in [4.69, 9.17) is 4.42 Å². The minimum absolute atomic E-state index is 0.0215. The van der Waals surface area contributed by atoms with Gasteiger partial charge in [-0.25, -0.2) is 0 Å². The largest absolute Gasteiger partial charge is 0.435 e. The van der Waals surface area contributed by atoms with Gasteiger partial charge in [-0.3, -0.25) is 20.3 Å². The van der Waals surface area contributed by atoms with Gasteiger partial charge in [-0.15, -0.1) is 10.2 Å². The number of aromatic nitrogens is 2. The number of Topliss-reactive ketones (excluding diaryl/α,β-unsaturated/α-hetero) is 1. The number of nitrogens with zero attached hydrogens (tertiary/aromatic N) is 4. The fourth-order valence-corrected chi connectivity index (χ4v) is 3.78. The molecule has 1 heterocycles. The Bertz CT molecular complexity index is 1430. The van der Waals surface area contributed by atoms with Gasteiger partial charge in [0.25, 0.3) is 10.9 Å². The Hall–Kier alpha value is -4.17. The van der Waals surface area contributed by atoms with Gasteiger partial charge >= 0.3 is 6.61 Å². The molecule has 0 unspecified atom stereocenters. The third-order valence-corrected chi connectivity index (χ3v) is 5.92. The number of carbonyl (C=O) groups is 1. The average Bonchev–Trinajstić information content (AvgIpc) is 3.35. The number of anilines is 1. The van der Waals surface area contributed by atoms with E-state index in [1.807, 2.05) is 0 Å². The Balaban J connectivity index is 1.59. The molecular weight excluding hydrogens is 576 g/mol. The summed E-state index contributed by atoms with van der Waals surface area (Å²) in [4.78, 5) is 23.5. The van der Waals surface area contributed by atoms with Crippen LogP contribution in [0.15, 0.2) is 92.0 Å². The monoisotopic (exact) mass is 589 g/mol. The smallest absolute Gasteiger partial charge is 0.387 e. The predicted octanol–water partition coefficient (Wildman–Crippen LogP) is 6.41. The number of thioether (sulfide) groups is 1. The number of rotatable bonds is 9. The molecule has 10 nitrogen and oxygen atoms in total. The van der Waals surface area contributed by atoms with Gasteiger partial charge in [0.1, 0.15) is 5.75 Å². The van der Waals surface area contributed by atoms with E-state index in [9.17, 15) is 23.7 Å². The van der Waals surface area contributed by atoms with Crippen molar-refractivity contribution < 1.29 is 27.7 Å². The Morgan fingerprint density at radius 3 is 2.35 bits per heavy atom. The lowest BCUT2D eigenvalue weighted by Gasteiger charge is -2.07. The predicted molar refractivity (Wildman–Crippen MR) is 135 cm³/mol. The van der Waals surface area contributed by atoms with Crippen LogP contribution in [0.4, 0.5) is 20.2 Å². The molecule has 0 spiro atoms. The number of benzene rings is 3. The molecule has 0 bridgehead atoms.